The maximum absolute atomic E-state index is 13.3. The minimum Gasteiger partial charge on any atom is -0.504 e. The zero-order chi connectivity index (χ0) is 13.2. The zero-order valence-electron chi connectivity index (χ0n) is 9.33. The van der Waals surface area contributed by atoms with E-state index in [0.29, 0.717) is 0 Å². The van der Waals surface area contributed by atoms with Gasteiger partial charge in [-0.25, -0.2) is 4.39 Å². The number of halogens is 2. The van der Waals surface area contributed by atoms with Gasteiger partial charge in [-0.2, -0.15) is 0 Å². The number of methoxy groups -OCH3 is 1. The fraction of sp³-hybridized carbons (Fsp3) is 0.364. The Kier molecular flexibility index (Phi) is 4.17. The lowest BCUT2D eigenvalue weighted by Gasteiger charge is -2.14. The van der Waals surface area contributed by atoms with Crippen LogP contribution in [0.4, 0.5) is 4.39 Å². The van der Waals surface area contributed by atoms with E-state index in [1.807, 2.05) is 0 Å². The molecule has 0 radical (unpaired) electrons. The van der Waals surface area contributed by atoms with Gasteiger partial charge in [-0.15, -0.1) is 0 Å². The number of aliphatic carboxylic acids is 1. The molecule has 0 spiro atoms. The monoisotopic (exact) mass is 262 g/mol. The van der Waals surface area contributed by atoms with Crippen molar-refractivity contribution in [1.29, 1.82) is 0 Å². The van der Waals surface area contributed by atoms with Gasteiger partial charge in [0.15, 0.2) is 11.5 Å². The summed E-state index contributed by atoms with van der Waals surface area (Å²) in [7, 11) is 1.29. The Morgan fingerprint density at radius 2 is 2.24 bits per heavy atom. The van der Waals surface area contributed by atoms with Crippen LogP contribution in [0.15, 0.2) is 6.07 Å². The van der Waals surface area contributed by atoms with Crippen molar-refractivity contribution in [3.63, 3.8) is 0 Å². The molecule has 6 heteroatoms. The van der Waals surface area contributed by atoms with E-state index in [1.165, 1.54) is 14.0 Å². The molecule has 17 heavy (non-hydrogen) atoms. The van der Waals surface area contributed by atoms with Crippen molar-refractivity contribution in [2.75, 3.05) is 7.11 Å². The average molecular weight is 263 g/mol. The number of phenols is 1. The second kappa shape index (κ2) is 5.23. The second-order valence-electron chi connectivity index (χ2n) is 3.65. The predicted octanol–water partition coefficient (Wildman–Crippen LogP) is 2.46. The third-order valence-electron chi connectivity index (χ3n) is 2.38. The number of carboxylic acids is 1. The maximum Gasteiger partial charge on any atom is 0.306 e. The number of hydrogen-bond donors (Lipinski definition) is 2. The Bertz CT molecular complexity index is 448. The van der Waals surface area contributed by atoms with Crippen molar-refractivity contribution < 1.29 is 24.1 Å². The molecule has 4 nitrogen and oxygen atoms in total. The summed E-state index contributed by atoms with van der Waals surface area (Å²) in [6, 6.07) is 0.829. The van der Waals surface area contributed by atoms with Crippen LogP contribution in [0.2, 0.25) is 5.02 Å². The molecule has 0 saturated heterocycles. The van der Waals surface area contributed by atoms with Crippen LogP contribution in [0, 0.1) is 11.7 Å². The van der Waals surface area contributed by atoms with E-state index in [-0.39, 0.29) is 22.8 Å². The lowest BCUT2D eigenvalue weighted by Crippen LogP contribution is -2.13. The third-order valence-corrected chi connectivity index (χ3v) is 2.79. The number of rotatable bonds is 4. The van der Waals surface area contributed by atoms with Crippen LogP contribution < -0.4 is 4.74 Å². The van der Waals surface area contributed by atoms with Crippen molar-refractivity contribution in [1.82, 2.24) is 0 Å². The molecule has 0 saturated carbocycles. The van der Waals surface area contributed by atoms with E-state index in [9.17, 15) is 14.3 Å². The first kappa shape index (κ1) is 13.6. The van der Waals surface area contributed by atoms with Crippen molar-refractivity contribution in [2.45, 2.75) is 13.3 Å². The molecular formula is C11H12ClFO4. The summed E-state index contributed by atoms with van der Waals surface area (Å²) in [4.78, 5) is 10.7. The number of benzene rings is 1. The molecule has 1 rings (SSSR count). The van der Waals surface area contributed by atoms with Gasteiger partial charge in [-0.3, -0.25) is 4.79 Å². The molecule has 2 N–H and O–H groups in total. The molecule has 0 fully saturated rings. The van der Waals surface area contributed by atoms with Crippen LogP contribution in [0.25, 0.3) is 0 Å². The number of carbonyl (C=O) groups is 1. The van der Waals surface area contributed by atoms with Crippen LogP contribution in [0.1, 0.15) is 12.5 Å². The fourth-order valence-corrected chi connectivity index (χ4v) is 1.67. The fourth-order valence-electron chi connectivity index (χ4n) is 1.45. The molecule has 94 valence electrons. The van der Waals surface area contributed by atoms with Gasteiger partial charge in [0.1, 0.15) is 5.82 Å². The molecule has 0 aliphatic carbocycles. The van der Waals surface area contributed by atoms with Gasteiger partial charge < -0.3 is 14.9 Å². The molecule has 1 aromatic rings. The van der Waals surface area contributed by atoms with Crippen LogP contribution in [0.5, 0.6) is 11.5 Å². The summed E-state index contributed by atoms with van der Waals surface area (Å²) < 4.78 is 18.2. The summed E-state index contributed by atoms with van der Waals surface area (Å²) >= 11 is 5.74. The Morgan fingerprint density at radius 3 is 2.71 bits per heavy atom. The number of aromatic hydroxyl groups is 1. The first-order chi connectivity index (χ1) is 7.88. The summed E-state index contributed by atoms with van der Waals surface area (Å²) in [5, 5.41) is 18.0. The molecule has 1 unspecified atom stereocenters. The Balaban J connectivity index is 3.25. The summed E-state index contributed by atoms with van der Waals surface area (Å²) in [5.74, 6) is -3.00. The first-order valence-corrected chi connectivity index (χ1v) is 5.22. The maximum atomic E-state index is 13.3. The van der Waals surface area contributed by atoms with Crippen LogP contribution in [0.3, 0.4) is 0 Å². The Morgan fingerprint density at radius 1 is 1.65 bits per heavy atom. The second-order valence-corrected chi connectivity index (χ2v) is 4.02. The summed E-state index contributed by atoms with van der Waals surface area (Å²) in [5.41, 5.74) is 0.154. The SMILES string of the molecule is COc1c(O)cc(F)c(Cl)c1CC(C)C(=O)O. The zero-order valence-corrected chi connectivity index (χ0v) is 10.1. The van der Waals surface area contributed by atoms with Gasteiger partial charge in [0.25, 0.3) is 0 Å². The minimum atomic E-state index is -1.04. The third kappa shape index (κ3) is 2.79. The number of ether oxygens (including phenoxy) is 1. The van der Waals surface area contributed by atoms with Crippen molar-refractivity contribution in [3.8, 4) is 11.5 Å². The largest absolute Gasteiger partial charge is 0.504 e. The van der Waals surface area contributed by atoms with Gasteiger partial charge >= 0.3 is 5.97 Å². The Hall–Kier alpha value is -1.49. The van der Waals surface area contributed by atoms with E-state index in [4.69, 9.17) is 21.4 Å². The molecule has 0 aromatic heterocycles. The van der Waals surface area contributed by atoms with Gasteiger partial charge in [0.2, 0.25) is 0 Å². The van der Waals surface area contributed by atoms with E-state index in [1.54, 1.807) is 0 Å². The van der Waals surface area contributed by atoms with Gasteiger partial charge in [0.05, 0.1) is 18.1 Å². The molecule has 0 aliphatic heterocycles. The highest BCUT2D eigenvalue weighted by atomic mass is 35.5. The van der Waals surface area contributed by atoms with Crippen molar-refractivity contribution in [3.05, 3.63) is 22.5 Å². The predicted molar refractivity (Wildman–Crippen MR) is 60.1 cm³/mol. The van der Waals surface area contributed by atoms with E-state index in [2.05, 4.69) is 0 Å². The van der Waals surface area contributed by atoms with Crippen LogP contribution >= 0.6 is 11.6 Å². The number of carboxylic acid groups (broad SMARTS) is 1. The van der Waals surface area contributed by atoms with E-state index < -0.39 is 23.5 Å². The molecule has 0 bridgehead atoms. The molecule has 1 atom stereocenters. The van der Waals surface area contributed by atoms with Crippen LogP contribution in [-0.4, -0.2) is 23.3 Å². The highest BCUT2D eigenvalue weighted by Gasteiger charge is 2.22. The van der Waals surface area contributed by atoms with Gasteiger partial charge in [-0.1, -0.05) is 18.5 Å². The molecule has 0 heterocycles. The van der Waals surface area contributed by atoms with Gasteiger partial charge in [0, 0.05) is 11.6 Å². The molecule has 1 aromatic carbocycles. The molecular weight excluding hydrogens is 251 g/mol. The first-order valence-electron chi connectivity index (χ1n) is 4.85. The van der Waals surface area contributed by atoms with Crippen molar-refractivity contribution in [2.24, 2.45) is 5.92 Å². The minimum absolute atomic E-state index is 0.00417. The highest BCUT2D eigenvalue weighted by molar-refractivity contribution is 6.31. The topological polar surface area (TPSA) is 66.8 Å². The normalized spacial score (nSPS) is 12.2. The smallest absolute Gasteiger partial charge is 0.306 e. The van der Waals surface area contributed by atoms with Gasteiger partial charge in [-0.05, 0) is 6.42 Å². The van der Waals surface area contributed by atoms with E-state index >= 15 is 0 Å². The van der Waals surface area contributed by atoms with E-state index in [0.717, 1.165) is 6.07 Å². The lowest BCUT2D eigenvalue weighted by molar-refractivity contribution is -0.141. The standard InChI is InChI=1S/C11H12ClFO4/c1-5(11(15)16)3-6-9(12)7(13)4-8(14)10(6)17-2/h4-5,14H,3H2,1-2H3,(H,15,16). The number of hydrogen-bond acceptors (Lipinski definition) is 3. The summed E-state index contributed by atoms with van der Waals surface area (Å²) in [6.45, 7) is 1.46. The number of phenolic OH excluding ortho intramolecular Hbond substituents is 1. The lowest BCUT2D eigenvalue weighted by atomic mass is 10.00. The Labute approximate surface area is 103 Å². The highest BCUT2D eigenvalue weighted by Crippen LogP contribution is 2.38. The summed E-state index contributed by atoms with van der Waals surface area (Å²) in [6.07, 6.45) is -0.0251. The average Bonchev–Trinajstić information content (AvgIpc) is 2.25. The van der Waals surface area contributed by atoms with Crippen LogP contribution in [-0.2, 0) is 11.2 Å². The van der Waals surface area contributed by atoms with Crippen molar-refractivity contribution >= 4 is 17.6 Å². The molecule has 0 aliphatic rings. The molecule has 0 amide bonds. The quantitative estimate of drug-likeness (QED) is 0.875.